The maximum absolute atomic E-state index is 6.37. The SMILES string of the molecule is COCCn1ncc(Br)c1C(N)C1COC(C)C1. The molecule has 0 saturated carbocycles. The van der Waals surface area contributed by atoms with Gasteiger partial charge in [0.2, 0.25) is 0 Å². The number of hydrogen-bond acceptors (Lipinski definition) is 4. The van der Waals surface area contributed by atoms with Crippen LogP contribution in [0.25, 0.3) is 0 Å². The second-order valence-corrected chi connectivity index (χ2v) is 5.61. The summed E-state index contributed by atoms with van der Waals surface area (Å²) in [5, 5.41) is 4.33. The number of rotatable bonds is 5. The zero-order chi connectivity index (χ0) is 13.1. The van der Waals surface area contributed by atoms with E-state index in [1.54, 1.807) is 13.3 Å². The lowest BCUT2D eigenvalue weighted by molar-refractivity contribution is 0.118. The van der Waals surface area contributed by atoms with Crippen LogP contribution in [0.3, 0.4) is 0 Å². The monoisotopic (exact) mass is 317 g/mol. The molecule has 1 aliphatic rings. The molecule has 0 radical (unpaired) electrons. The number of methoxy groups -OCH3 is 1. The van der Waals surface area contributed by atoms with Crippen LogP contribution in [0.4, 0.5) is 0 Å². The van der Waals surface area contributed by atoms with Gasteiger partial charge in [-0.3, -0.25) is 4.68 Å². The number of nitrogens with zero attached hydrogens (tertiary/aromatic N) is 2. The predicted molar refractivity (Wildman–Crippen MR) is 72.3 cm³/mol. The molecule has 0 aliphatic carbocycles. The van der Waals surface area contributed by atoms with E-state index in [0.717, 1.165) is 23.2 Å². The molecule has 102 valence electrons. The Morgan fingerprint density at radius 3 is 3.11 bits per heavy atom. The van der Waals surface area contributed by atoms with Crippen LogP contribution in [0, 0.1) is 5.92 Å². The summed E-state index contributed by atoms with van der Waals surface area (Å²) in [4.78, 5) is 0. The van der Waals surface area contributed by atoms with Crippen molar-refractivity contribution in [2.45, 2.75) is 32.0 Å². The van der Waals surface area contributed by atoms with Crippen LogP contribution in [-0.2, 0) is 16.0 Å². The Kier molecular flexibility index (Phi) is 4.77. The first kappa shape index (κ1) is 14.0. The van der Waals surface area contributed by atoms with Gasteiger partial charge in [0.05, 0.1) is 48.3 Å². The summed E-state index contributed by atoms with van der Waals surface area (Å²) in [5.41, 5.74) is 7.41. The van der Waals surface area contributed by atoms with Crippen LogP contribution in [-0.4, -0.2) is 36.2 Å². The van der Waals surface area contributed by atoms with Crippen LogP contribution < -0.4 is 5.73 Å². The number of nitrogens with two attached hydrogens (primary N) is 1. The summed E-state index contributed by atoms with van der Waals surface area (Å²) >= 11 is 3.53. The summed E-state index contributed by atoms with van der Waals surface area (Å²) in [6.45, 7) is 4.16. The van der Waals surface area contributed by atoms with Gasteiger partial charge in [-0.15, -0.1) is 0 Å². The molecule has 1 fully saturated rings. The highest BCUT2D eigenvalue weighted by Gasteiger charge is 2.31. The highest BCUT2D eigenvalue weighted by Crippen LogP contribution is 2.33. The third kappa shape index (κ3) is 2.93. The van der Waals surface area contributed by atoms with Crippen LogP contribution in [0.1, 0.15) is 25.1 Å². The van der Waals surface area contributed by atoms with Crippen molar-refractivity contribution in [3.8, 4) is 0 Å². The Morgan fingerprint density at radius 2 is 2.50 bits per heavy atom. The fraction of sp³-hybridized carbons (Fsp3) is 0.750. The van der Waals surface area contributed by atoms with Crippen LogP contribution in [0.15, 0.2) is 10.7 Å². The van der Waals surface area contributed by atoms with Gasteiger partial charge in [-0.25, -0.2) is 0 Å². The van der Waals surface area contributed by atoms with E-state index in [0.29, 0.717) is 25.2 Å². The Hall–Kier alpha value is -0.430. The van der Waals surface area contributed by atoms with Crippen molar-refractivity contribution in [3.63, 3.8) is 0 Å². The largest absolute Gasteiger partial charge is 0.383 e. The first-order valence-electron chi connectivity index (χ1n) is 6.20. The summed E-state index contributed by atoms with van der Waals surface area (Å²) < 4.78 is 13.6. The van der Waals surface area contributed by atoms with E-state index in [2.05, 4.69) is 28.0 Å². The van der Waals surface area contributed by atoms with Crippen molar-refractivity contribution < 1.29 is 9.47 Å². The molecule has 2 rings (SSSR count). The van der Waals surface area contributed by atoms with E-state index in [4.69, 9.17) is 15.2 Å². The van der Waals surface area contributed by atoms with Gasteiger partial charge in [-0.1, -0.05) is 0 Å². The van der Waals surface area contributed by atoms with Crippen molar-refractivity contribution >= 4 is 15.9 Å². The zero-order valence-corrected chi connectivity index (χ0v) is 12.4. The average molecular weight is 318 g/mol. The molecule has 6 heteroatoms. The second-order valence-electron chi connectivity index (χ2n) is 4.76. The third-order valence-corrected chi connectivity index (χ3v) is 4.00. The van der Waals surface area contributed by atoms with Gasteiger partial charge in [0.25, 0.3) is 0 Å². The summed E-state index contributed by atoms with van der Waals surface area (Å²) in [6.07, 6.45) is 3.10. The van der Waals surface area contributed by atoms with Gasteiger partial charge in [-0.2, -0.15) is 5.10 Å². The third-order valence-electron chi connectivity index (χ3n) is 3.39. The van der Waals surface area contributed by atoms with Crippen molar-refractivity contribution in [1.29, 1.82) is 0 Å². The minimum Gasteiger partial charge on any atom is -0.383 e. The molecule has 18 heavy (non-hydrogen) atoms. The van der Waals surface area contributed by atoms with E-state index in [1.165, 1.54) is 0 Å². The van der Waals surface area contributed by atoms with Crippen molar-refractivity contribution in [2.75, 3.05) is 20.3 Å². The van der Waals surface area contributed by atoms with Gasteiger partial charge < -0.3 is 15.2 Å². The van der Waals surface area contributed by atoms with Crippen molar-refractivity contribution in [1.82, 2.24) is 9.78 Å². The van der Waals surface area contributed by atoms with Gasteiger partial charge in [-0.05, 0) is 29.3 Å². The minimum absolute atomic E-state index is 0.0521. The maximum Gasteiger partial charge on any atom is 0.0698 e. The van der Waals surface area contributed by atoms with E-state index >= 15 is 0 Å². The summed E-state index contributed by atoms with van der Waals surface area (Å²) in [5.74, 6) is 0.356. The number of aromatic nitrogens is 2. The maximum atomic E-state index is 6.37. The Labute approximate surface area is 116 Å². The number of ether oxygens (including phenoxy) is 2. The van der Waals surface area contributed by atoms with Crippen molar-refractivity contribution in [3.05, 3.63) is 16.4 Å². The van der Waals surface area contributed by atoms with Gasteiger partial charge in [0.15, 0.2) is 0 Å². The lowest BCUT2D eigenvalue weighted by atomic mass is 9.95. The molecular weight excluding hydrogens is 298 g/mol. The molecule has 3 unspecified atom stereocenters. The van der Waals surface area contributed by atoms with E-state index in [-0.39, 0.29) is 6.04 Å². The number of halogens is 1. The lowest BCUT2D eigenvalue weighted by Gasteiger charge is -2.20. The molecular formula is C12H20BrN3O2. The van der Waals surface area contributed by atoms with Gasteiger partial charge >= 0.3 is 0 Å². The van der Waals surface area contributed by atoms with Crippen LogP contribution in [0.2, 0.25) is 0 Å². The molecule has 1 aromatic heterocycles. The van der Waals surface area contributed by atoms with E-state index < -0.39 is 0 Å². The molecule has 0 spiro atoms. The van der Waals surface area contributed by atoms with E-state index in [1.807, 2.05) is 4.68 Å². The topological polar surface area (TPSA) is 62.3 Å². The zero-order valence-electron chi connectivity index (χ0n) is 10.8. The highest BCUT2D eigenvalue weighted by molar-refractivity contribution is 9.10. The Morgan fingerprint density at radius 1 is 1.72 bits per heavy atom. The molecule has 3 atom stereocenters. The molecule has 2 heterocycles. The quantitative estimate of drug-likeness (QED) is 0.898. The molecule has 5 nitrogen and oxygen atoms in total. The molecule has 1 aromatic rings. The average Bonchev–Trinajstić information content (AvgIpc) is 2.92. The first-order valence-corrected chi connectivity index (χ1v) is 7.00. The van der Waals surface area contributed by atoms with Crippen LogP contribution in [0.5, 0.6) is 0 Å². The summed E-state index contributed by atoms with van der Waals surface area (Å²) in [6, 6.07) is -0.0521. The number of hydrogen-bond donors (Lipinski definition) is 1. The second kappa shape index (κ2) is 6.14. The fourth-order valence-electron chi connectivity index (χ4n) is 2.38. The molecule has 0 amide bonds. The molecule has 2 N–H and O–H groups in total. The van der Waals surface area contributed by atoms with E-state index in [9.17, 15) is 0 Å². The Balaban J connectivity index is 2.13. The van der Waals surface area contributed by atoms with Gasteiger partial charge in [0.1, 0.15) is 0 Å². The Bertz CT molecular complexity index is 397. The predicted octanol–water partition coefficient (Wildman–Crippen LogP) is 1.72. The smallest absolute Gasteiger partial charge is 0.0698 e. The minimum atomic E-state index is -0.0521. The van der Waals surface area contributed by atoms with Gasteiger partial charge in [0, 0.05) is 13.0 Å². The fourth-order valence-corrected chi connectivity index (χ4v) is 2.94. The lowest BCUT2D eigenvalue weighted by Crippen LogP contribution is -2.26. The standard InChI is InChI=1S/C12H20BrN3O2/c1-8-5-9(7-18-8)11(14)12-10(13)6-15-16(12)3-4-17-2/h6,8-9,11H,3-5,7,14H2,1-2H3. The molecule has 0 bridgehead atoms. The summed E-state index contributed by atoms with van der Waals surface area (Å²) in [7, 11) is 1.69. The first-order chi connectivity index (χ1) is 8.63. The normalized spacial score (nSPS) is 25.6. The van der Waals surface area contributed by atoms with Crippen molar-refractivity contribution in [2.24, 2.45) is 11.7 Å². The highest BCUT2D eigenvalue weighted by atomic mass is 79.9. The van der Waals surface area contributed by atoms with Crippen LogP contribution >= 0.6 is 15.9 Å². The molecule has 1 aliphatic heterocycles. The molecule has 1 saturated heterocycles. The molecule has 0 aromatic carbocycles.